The maximum atomic E-state index is 12.6. The number of likely N-dealkylation sites (tertiary alicyclic amines) is 1. The number of methoxy groups -OCH3 is 2. The molecule has 2 N–H and O–H groups in total. The molecule has 0 aliphatic carbocycles. The Morgan fingerprint density at radius 2 is 2.17 bits per heavy atom. The van der Waals surface area contributed by atoms with E-state index in [1.165, 1.54) is 12.0 Å². The van der Waals surface area contributed by atoms with E-state index in [0.717, 1.165) is 16.5 Å². The van der Waals surface area contributed by atoms with E-state index >= 15 is 0 Å². The molecule has 128 valence electrons. The number of hydrogen-bond acceptors (Lipinski definition) is 4. The highest BCUT2D eigenvalue weighted by atomic mass is 16.5. The molecule has 2 heterocycles. The van der Waals surface area contributed by atoms with Crippen molar-refractivity contribution in [3.05, 3.63) is 30.0 Å². The summed E-state index contributed by atoms with van der Waals surface area (Å²) in [6.45, 7) is 0.304. The lowest BCUT2D eigenvalue weighted by atomic mass is 10.1. The maximum absolute atomic E-state index is 12.6. The minimum atomic E-state index is -0.997. The number of amides is 1. The SMILES string of the molecule is COc1ccc2[nH]cc(CC(=O)N3CC(OC)CC3C(=O)O)c2c1. The van der Waals surface area contributed by atoms with Crippen molar-refractivity contribution < 1.29 is 24.2 Å². The third kappa shape index (κ3) is 2.94. The van der Waals surface area contributed by atoms with Crippen LogP contribution in [0.15, 0.2) is 24.4 Å². The number of nitrogens with zero attached hydrogens (tertiary/aromatic N) is 1. The zero-order valence-electron chi connectivity index (χ0n) is 13.6. The molecule has 2 aromatic rings. The standard InChI is InChI=1S/C17H20N2O5/c1-23-11-3-4-14-13(6-11)10(8-18-14)5-16(20)19-9-12(24-2)7-15(19)17(21)22/h3-4,6,8,12,15,18H,5,7,9H2,1-2H3,(H,21,22). The zero-order chi connectivity index (χ0) is 17.3. The van der Waals surface area contributed by atoms with Crippen molar-refractivity contribution in [2.24, 2.45) is 0 Å². The van der Waals surface area contributed by atoms with Gasteiger partial charge in [0, 0.05) is 37.2 Å². The predicted molar refractivity (Wildman–Crippen MR) is 87.1 cm³/mol. The lowest BCUT2D eigenvalue weighted by molar-refractivity contribution is -0.147. The van der Waals surface area contributed by atoms with Crippen LogP contribution in [0.5, 0.6) is 5.75 Å². The number of carboxylic acid groups (broad SMARTS) is 1. The summed E-state index contributed by atoms with van der Waals surface area (Å²) in [6, 6.07) is 4.76. The maximum Gasteiger partial charge on any atom is 0.326 e. The number of carbonyl (C=O) groups excluding carboxylic acids is 1. The van der Waals surface area contributed by atoms with E-state index in [4.69, 9.17) is 9.47 Å². The Hall–Kier alpha value is -2.54. The number of aliphatic carboxylic acids is 1. The lowest BCUT2D eigenvalue weighted by Crippen LogP contribution is -2.41. The summed E-state index contributed by atoms with van der Waals surface area (Å²) < 4.78 is 10.5. The van der Waals surface area contributed by atoms with Gasteiger partial charge in [-0.2, -0.15) is 0 Å². The Morgan fingerprint density at radius 1 is 1.38 bits per heavy atom. The largest absolute Gasteiger partial charge is 0.497 e. The molecule has 1 aromatic heterocycles. The molecule has 1 aliphatic rings. The summed E-state index contributed by atoms with van der Waals surface area (Å²) in [6.07, 6.45) is 1.99. The highest BCUT2D eigenvalue weighted by Crippen LogP contribution is 2.26. The molecule has 7 heteroatoms. The Bertz CT molecular complexity index is 769. The molecule has 0 saturated carbocycles. The first kappa shape index (κ1) is 16.3. The van der Waals surface area contributed by atoms with Gasteiger partial charge < -0.3 is 24.5 Å². The molecule has 1 aliphatic heterocycles. The Balaban J connectivity index is 1.82. The molecule has 0 radical (unpaired) electrons. The lowest BCUT2D eigenvalue weighted by Gasteiger charge is -2.21. The Labute approximate surface area is 139 Å². The second-order valence-corrected chi connectivity index (χ2v) is 5.90. The van der Waals surface area contributed by atoms with Crippen LogP contribution in [0.1, 0.15) is 12.0 Å². The predicted octanol–water partition coefficient (Wildman–Crippen LogP) is 1.42. The number of nitrogens with one attached hydrogen (secondary N) is 1. The average molecular weight is 332 g/mol. The number of carboxylic acids is 1. The fourth-order valence-electron chi connectivity index (χ4n) is 3.17. The number of ether oxygens (including phenoxy) is 2. The summed E-state index contributed by atoms with van der Waals surface area (Å²) in [4.78, 5) is 28.6. The molecular weight excluding hydrogens is 312 g/mol. The third-order valence-electron chi connectivity index (χ3n) is 4.52. The number of hydrogen-bond donors (Lipinski definition) is 2. The van der Waals surface area contributed by atoms with Gasteiger partial charge in [0.05, 0.1) is 19.6 Å². The highest BCUT2D eigenvalue weighted by Gasteiger charge is 2.39. The number of H-pyrrole nitrogens is 1. The second kappa shape index (κ2) is 6.52. The van der Waals surface area contributed by atoms with Crippen molar-refractivity contribution in [2.75, 3.05) is 20.8 Å². The summed E-state index contributed by atoms with van der Waals surface area (Å²) >= 11 is 0. The monoisotopic (exact) mass is 332 g/mol. The minimum Gasteiger partial charge on any atom is -0.497 e. The normalized spacial score (nSPS) is 20.5. The third-order valence-corrected chi connectivity index (χ3v) is 4.52. The molecule has 1 aromatic carbocycles. The van der Waals surface area contributed by atoms with E-state index in [2.05, 4.69) is 4.98 Å². The van der Waals surface area contributed by atoms with Crippen molar-refractivity contribution in [1.82, 2.24) is 9.88 Å². The topological polar surface area (TPSA) is 91.9 Å². The van der Waals surface area contributed by atoms with E-state index in [0.29, 0.717) is 18.7 Å². The van der Waals surface area contributed by atoms with Gasteiger partial charge in [0.15, 0.2) is 0 Å². The van der Waals surface area contributed by atoms with Crippen LogP contribution in [-0.2, 0) is 20.7 Å². The summed E-state index contributed by atoms with van der Waals surface area (Å²) in [5.41, 5.74) is 1.73. The van der Waals surface area contributed by atoms with Crippen molar-refractivity contribution in [3.63, 3.8) is 0 Å². The summed E-state index contributed by atoms with van der Waals surface area (Å²) in [7, 11) is 3.12. The number of rotatable bonds is 5. The van der Waals surface area contributed by atoms with Crippen molar-refractivity contribution in [2.45, 2.75) is 25.0 Å². The van der Waals surface area contributed by atoms with Crippen LogP contribution in [0.25, 0.3) is 10.9 Å². The van der Waals surface area contributed by atoms with Crippen molar-refractivity contribution in [3.8, 4) is 5.75 Å². The van der Waals surface area contributed by atoms with Gasteiger partial charge in [-0.05, 0) is 23.8 Å². The first-order valence-corrected chi connectivity index (χ1v) is 7.72. The minimum absolute atomic E-state index is 0.132. The second-order valence-electron chi connectivity index (χ2n) is 5.90. The Kier molecular flexibility index (Phi) is 4.44. The molecule has 3 rings (SSSR count). The van der Waals surface area contributed by atoms with Gasteiger partial charge in [0.1, 0.15) is 11.8 Å². The van der Waals surface area contributed by atoms with E-state index in [1.807, 2.05) is 18.2 Å². The Morgan fingerprint density at radius 3 is 2.83 bits per heavy atom. The van der Waals surface area contributed by atoms with Gasteiger partial charge in [-0.3, -0.25) is 4.79 Å². The number of carbonyl (C=O) groups is 2. The quantitative estimate of drug-likeness (QED) is 0.864. The van der Waals surface area contributed by atoms with E-state index in [1.54, 1.807) is 13.3 Å². The molecule has 2 atom stereocenters. The molecule has 0 spiro atoms. The van der Waals surface area contributed by atoms with Crippen LogP contribution in [0.2, 0.25) is 0 Å². The molecule has 1 amide bonds. The fourth-order valence-corrected chi connectivity index (χ4v) is 3.17. The van der Waals surface area contributed by atoms with Gasteiger partial charge in [-0.15, -0.1) is 0 Å². The van der Waals surface area contributed by atoms with Gasteiger partial charge in [-0.25, -0.2) is 4.79 Å². The average Bonchev–Trinajstić information content (AvgIpc) is 3.18. The van der Waals surface area contributed by atoms with Crippen LogP contribution >= 0.6 is 0 Å². The summed E-state index contributed by atoms with van der Waals surface area (Å²) in [5.74, 6) is -0.506. The van der Waals surface area contributed by atoms with E-state index in [9.17, 15) is 14.7 Å². The van der Waals surface area contributed by atoms with Crippen LogP contribution in [0.3, 0.4) is 0 Å². The van der Waals surface area contributed by atoms with Crippen molar-refractivity contribution in [1.29, 1.82) is 0 Å². The smallest absolute Gasteiger partial charge is 0.326 e. The highest BCUT2D eigenvalue weighted by molar-refractivity contribution is 5.91. The number of aromatic amines is 1. The molecule has 2 unspecified atom stereocenters. The van der Waals surface area contributed by atoms with E-state index in [-0.39, 0.29) is 18.4 Å². The first-order valence-electron chi connectivity index (χ1n) is 7.72. The van der Waals surface area contributed by atoms with Crippen LogP contribution in [0, 0.1) is 0 Å². The number of aromatic nitrogens is 1. The molecule has 1 fully saturated rings. The summed E-state index contributed by atoms with van der Waals surface area (Å²) in [5, 5.41) is 10.2. The van der Waals surface area contributed by atoms with Gasteiger partial charge >= 0.3 is 5.97 Å². The zero-order valence-corrected chi connectivity index (χ0v) is 13.6. The molecule has 24 heavy (non-hydrogen) atoms. The molecular formula is C17H20N2O5. The molecule has 7 nitrogen and oxygen atoms in total. The van der Waals surface area contributed by atoms with Gasteiger partial charge in [0.25, 0.3) is 0 Å². The number of fused-ring (bicyclic) bond motifs is 1. The van der Waals surface area contributed by atoms with Gasteiger partial charge in [-0.1, -0.05) is 0 Å². The van der Waals surface area contributed by atoms with Crippen LogP contribution in [-0.4, -0.2) is 59.8 Å². The molecule has 0 bridgehead atoms. The van der Waals surface area contributed by atoms with Crippen LogP contribution < -0.4 is 4.74 Å². The van der Waals surface area contributed by atoms with Gasteiger partial charge in [0.2, 0.25) is 5.91 Å². The molecule has 1 saturated heterocycles. The number of benzene rings is 1. The first-order chi connectivity index (χ1) is 11.5. The van der Waals surface area contributed by atoms with E-state index < -0.39 is 12.0 Å². The van der Waals surface area contributed by atoms with Crippen LogP contribution in [0.4, 0.5) is 0 Å². The fraction of sp³-hybridized carbons (Fsp3) is 0.412. The van der Waals surface area contributed by atoms with Crippen molar-refractivity contribution >= 4 is 22.8 Å².